The van der Waals surface area contributed by atoms with E-state index in [1.165, 1.54) is 0 Å². The van der Waals surface area contributed by atoms with Gasteiger partial charge in [0.1, 0.15) is 11.5 Å². The van der Waals surface area contributed by atoms with Gasteiger partial charge in [0.15, 0.2) is 5.65 Å². The summed E-state index contributed by atoms with van der Waals surface area (Å²) in [5, 5.41) is 4.17. The molecule has 0 unspecified atom stereocenters. The summed E-state index contributed by atoms with van der Waals surface area (Å²) < 4.78 is 12.7. The fraction of sp³-hybridized carbons (Fsp3) is 0.111. The van der Waals surface area contributed by atoms with E-state index in [0.29, 0.717) is 0 Å². The van der Waals surface area contributed by atoms with E-state index >= 15 is 0 Å². The molecule has 3 heterocycles. The smallest absolute Gasteiger partial charge is 0.155 e. The van der Waals surface area contributed by atoms with E-state index in [2.05, 4.69) is 31.2 Å². The van der Waals surface area contributed by atoms with Crippen LogP contribution in [-0.4, -0.2) is 28.6 Å². The normalized spacial score (nSPS) is 10.9. The Morgan fingerprint density at radius 2 is 1.75 bits per heavy atom. The molecule has 0 fully saturated rings. The summed E-state index contributed by atoms with van der Waals surface area (Å²) in [5.41, 5.74) is 4.76. The van der Waals surface area contributed by atoms with E-state index < -0.39 is 0 Å². The highest BCUT2D eigenvalue weighted by Crippen LogP contribution is 2.30. The zero-order chi connectivity index (χ0) is 16.5. The van der Waals surface area contributed by atoms with E-state index in [1.807, 2.05) is 30.6 Å². The zero-order valence-electron chi connectivity index (χ0n) is 13.3. The van der Waals surface area contributed by atoms with Gasteiger partial charge in [-0.1, -0.05) is 0 Å². The third-order valence-corrected chi connectivity index (χ3v) is 4.54. The molecule has 1 aromatic carbocycles. The Hall–Kier alpha value is -2.86. The summed E-state index contributed by atoms with van der Waals surface area (Å²) in [4.78, 5) is 8.96. The average Bonchev–Trinajstić information content (AvgIpc) is 3.29. The number of fused-ring (bicyclic) bond motifs is 1. The maximum atomic E-state index is 5.35. The van der Waals surface area contributed by atoms with E-state index in [-0.39, 0.29) is 0 Å². The molecule has 0 amide bonds. The van der Waals surface area contributed by atoms with Crippen molar-refractivity contribution in [3.63, 3.8) is 0 Å². The van der Waals surface area contributed by atoms with Crippen molar-refractivity contribution in [2.75, 3.05) is 14.2 Å². The Bertz CT molecular complexity index is 971. The van der Waals surface area contributed by atoms with Gasteiger partial charge in [0.05, 0.1) is 38.0 Å². The fourth-order valence-corrected chi connectivity index (χ4v) is 3.27. The van der Waals surface area contributed by atoms with E-state index in [1.54, 1.807) is 31.8 Å². The predicted molar refractivity (Wildman–Crippen MR) is 94.8 cm³/mol. The minimum Gasteiger partial charge on any atom is -0.497 e. The molecule has 0 aliphatic heterocycles. The molecule has 5 nitrogen and oxygen atoms in total. The molecule has 4 aromatic rings. The first-order valence-electron chi connectivity index (χ1n) is 7.37. The highest BCUT2D eigenvalue weighted by Gasteiger charge is 2.10. The lowest BCUT2D eigenvalue weighted by Gasteiger charge is -2.09. The van der Waals surface area contributed by atoms with Crippen LogP contribution in [0.2, 0.25) is 0 Å². The van der Waals surface area contributed by atoms with Gasteiger partial charge in [0.25, 0.3) is 0 Å². The highest BCUT2D eigenvalue weighted by atomic mass is 32.1. The highest BCUT2D eigenvalue weighted by molar-refractivity contribution is 7.08. The Morgan fingerprint density at radius 3 is 2.42 bits per heavy atom. The first-order valence-corrected chi connectivity index (χ1v) is 8.32. The molecule has 0 spiro atoms. The van der Waals surface area contributed by atoms with Crippen LogP contribution in [0.5, 0.6) is 11.5 Å². The molecule has 4 rings (SSSR count). The molecule has 24 heavy (non-hydrogen) atoms. The molecule has 0 radical (unpaired) electrons. The third kappa shape index (κ3) is 2.51. The molecule has 0 N–H and O–H groups in total. The monoisotopic (exact) mass is 337 g/mol. The number of hydrogen-bond acceptors (Lipinski definition) is 5. The summed E-state index contributed by atoms with van der Waals surface area (Å²) in [5.74, 6) is 1.46. The molecule has 0 aliphatic carbocycles. The van der Waals surface area contributed by atoms with Crippen molar-refractivity contribution in [3.8, 4) is 34.0 Å². The van der Waals surface area contributed by atoms with Crippen molar-refractivity contribution in [3.05, 3.63) is 53.6 Å². The lowest BCUT2D eigenvalue weighted by atomic mass is 10.1. The maximum absolute atomic E-state index is 5.35. The Kier molecular flexibility index (Phi) is 3.66. The van der Waals surface area contributed by atoms with Gasteiger partial charge in [-0.05, 0) is 23.6 Å². The largest absolute Gasteiger partial charge is 0.497 e. The van der Waals surface area contributed by atoms with Gasteiger partial charge in [0, 0.05) is 28.8 Å². The SMILES string of the molecule is COc1cc(OC)cc(-c2cn3c(-c4ccsc4)cnc3cn2)c1. The average molecular weight is 337 g/mol. The summed E-state index contributed by atoms with van der Waals surface area (Å²) in [7, 11) is 3.28. The van der Waals surface area contributed by atoms with Crippen LogP contribution in [0.25, 0.3) is 28.2 Å². The summed E-state index contributed by atoms with van der Waals surface area (Å²) in [6.07, 6.45) is 5.63. The summed E-state index contributed by atoms with van der Waals surface area (Å²) >= 11 is 1.67. The Morgan fingerprint density at radius 1 is 0.958 bits per heavy atom. The number of aromatic nitrogens is 3. The minimum absolute atomic E-state index is 0.731. The second kappa shape index (κ2) is 5.98. The number of rotatable bonds is 4. The summed E-state index contributed by atoms with van der Waals surface area (Å²) in [6.45, 7) is 0. The summed E-state index contributed by atoms with van der Waals surface area (Å²) in [6, 6.07) is 7.81. The maximum Gasteiger partial charge on any atom is 0.155 e. The van der Waals surface area contributed by atoms with Crippen molar-refractivity contribution >= 4 is 17.0 Å². The molecular formula is C18H15N3O2S. The van der Waals surface area contributed by atoms with Crippen LogP contribution >= 0.6 is 11.3 Å². The van der Waals surface area contributed by atoms with Crippen LogP contribution in [0.15, 0.2) is 53.6 Å². The lowest BCUT2D eigenvalue weighted by molar-refractivity contribution is 0.394. The van der Waals surface area contributed by atoms with Crippen LogP contribution in [0.1, 0.15) is 0 Å². The molecule has 0 bridgehead atoms. The van der Waals surface area contributed by atoms with Gasteiger partial charge in [0.2, 0.25) is 0 Å². The van der Waals surface area contributed by atoms with Gasteiger partial charge >= 0.3 is 0 Å². The first kappa shape index (κ1) is 14.7. The number of nitrogens with zero attached hydrogens (tertiary/aromatic N) is 3. The zero-order valence-corrected chi connectivity index (χ0v) is 14.1. The molecule has 6 heteroatoms. The number of ether oxygens (including phenoxy) is 2. The van der Waals surface area contributed by atoms with Gasteiger partial charge in [-0.3, -0.25) is 9.38 Å². The van der Waals surface area contributed by atoms with Crippen LogP contribution in [0.3, 0.4) is 0 Å². The number of thiophene rings is 1. The van der Waals surface area contributed by atoms with Gasteiger partial charge < -0.3 is 9.47 Å². The lowest BCUT2D eigenvalue weighted by Crippen LogP contribution is -1.94. The van der Waals surface area contributed by atoms with E-state index in [4.69, 9.17) is 9.47 Å². The van der Waals surface area contributed by atoms with E-state index in [0.717, 1.165) is 39.7 Å². The number of methoxy groups -OCH3 is 2. The van der Waals surface area contributed by atoms with Gasteiger partial charge in [-0.25, -0.2) is 4.98 Å². The van der Waals surface area contributed by atoms with Crippen LogP contribution in [0.4, 0.5) is 0 Å². The molecular weight excluding hydrogens is 322 g/mol. The van der Waals surface area contributed by atoms with Crippen LogP contribution < -0.4 is 9.47 Å². The number of hydrogen-bond donors (Lipinski definition) is 0. The van der Waals surface area contributed by atoms with Gasteiger partial charge in [-0.15, -0.1) is 0 Å². The first-order chi connectivity index (χ1) is 11.8. The molecule has 0 saturated carbocycles. The van der Waals surface area contributed by atoms with Crippen LogP contribution in [-0.2, 0) is 0 Å². The third-order valence-electron chi connectivity index (χ3n) is 3.86. The molecule has 0 aliphatic rings. The van der Waals surface area contributed by atoms with E-state index in [9.17, 15) is 0 Å². The molecule has 0 saturated heterocycles. The second-order valence-corrected chi connectivity index (χ2v) is 6.04. The van der Waals surface area contributed by atoms with Crippen molar-refractivity contribution < 1.29 is 9.47 Å². The molecule has 120 valence electrons. The number of benzene rings is 1. The second-order valence-electron chi connectivity index (χ2n) is 5.26. The Balaban J connectivity index is 1.87. The van der Waals surface area contributed by atoms with Gasteiger partial charge in [-0.2, -0.15) is 11.3 Å². The van der Waals surface area contributed by atoms with Crippen molar-refractivity contribution in [1.82, 2.24) is 14.4 Å². The predicted octanol–water partition coefficient (Wildman–Crippen LogP) is 4.14. The Labute approximate surface area is 143 Å². The number of imidazole rings is 1. The van der Waals surface area contributed by atoms with Crippen LogP contribution in [0, 0.1) is 0 Å². The van der Waals surface area contributed by atoms with Crippen molar-refractivity contribution in [2.24, 2.45) is 0 Å². The minimum atomic E-state index is 0.731. The standard InChI is InChI=1S/C18H15N3O2S/c1-22-14-5-13(6-15(7-14)23-2)16-10-21-17(12-3-4-24-11-12)8-20-18(21)9-19-16/h3-11H,1-2H3. The van der Waals surface area contributed by atoms with Crippen molar-refractivity contribution in [2.45, 2.75) is 0 Å². The quantitative estimate of drug-likeness (QED) is 0.561. The van der Waals surface area contributed by atoms with Crippen molar-refractivity contribution in [1.29, 1.82) is 0 Å². The topological polar surface area (TPSA) is 48.7 Å². The molecule has 0 atom stereocenters. The molecule has 3 aromatic heterocycles. The fourth-order valence-electron chi connectivity index (χ4n) is 2.62.